The van der Waals surface area contributed by atoms with Gasteiger partial charge in [0.1, 0.15) is 0 Å². The fourth-order valence-corrected chi connectivity index (χ4v) is 10.00. The molecule has 5 saturated carbocycles. The second kappa shape index (κ2) is 6.74. The lowest BCUT2D eigenvalue weighted by Crippen LogP contribution is -2.57. The largest absolute Gasteiger partial charge is 0.381 e. The van der Waals surface area contributed by atoms with Crippen molar-refractivity contribution in [3.63, 3.8) is 0 Å². The van der Waals surface area contributed by atoms with Crippen LogP contribution in [0.1, 0.15) is 86.0 Å². The molecule has 10 atom stereocenters. The van der Waals surface area contributed by atoms with Gasteiger partial charge in [-0.25, -0.2) is 0 Å². The predicted molar refractivity (Wildman–Crippen MR) is 120 cm³/mol. The molecule has 0 radical (unpaired) electrons. The van der Waals surface area contributed by atoms with E-state index in [4.69, 9.17) is 4.74 Å². The lowest BCUT2D eigenvalue weighted by molar-refractivity contribution is -0.160. The van der Waals surface area contributed by atoms with Gasteiger partial charge in [0.15, 0.2) is 0 Å². The summed E-state index contributed by atoms with van der Waals surface area (Å²) in [6.07, 6.45) is 16.8. The summed E-state index contributed by atoms with van der Waals surface area (Å²) in [5, 5.41) is 0. The molecule has 0 aliphatic heterocycles. The van der Waals surface area contributed by atoms with Gasteiger partial charge in [-0.2, -0.15) is 0 Å². The minimum Gasteiger partial charge on any atom is -0.381 e. The number of fused-ring (bicyclic) bond motifs is 4. The molecule has 29 heavy (non-hydrogen) atoms. The molecule has 0 N–H and O–H groups in total. The molecule has 0 amide bonds. The SMILES string of the molecule is CO[C@@H]1C[C@H]2[C@@H]3CC[C@H]([C@H](C)C=C=CC(C)C)[C@@]3(C)CC[C@@H]2[C@@]2(C)CC[C@H]3C[C@]312. The van der Waals surface area contributed by atoms with Crippen molar-refractivity contribution in [2.45, 2.75) is 92.1 Å². The Kier molecular flexibility index (Phi) is 4.74. The Balaban J connectivity index is 1.41. The van der Waals surface area contributed by atoms with E-state index in [1.165, 1.54) is 51.4 Å². The molecule has 0 aromatic rings. The van der Waals surface area contributed by atoms with Crippen LogP contribution in [0.15, 0.2) is 17.9 Å². The molecule has 162 valence electrons. The highest BCUT2D eigenvalue weighted by Gasteiger charge is 2.77. The van der Waals surface area contributed by atoms with E-state index in [-0.39, 0.29) is 0 Å². The number of hydrogen-bond donors (Lipinski definition) is 0. The lowest BCUT2D eigenvalue weighted by atomic mass is 9.45. The van der Waals surface area contributed by atoms with Crippen LogP contribution >= 0.6 is 0 Å². The van der Waals surface area contributed by atoms with Crippen LogP contribution in [-0.2, 0) is 4.74 Å². The number of allylic oxidation sites excluding steroid dienone is 1. The second-order valence-electron chi connectivity index (χ2n) is 12.6. The third kappa shape index (κ3) is 2.62. The number of ether oxygens (including phenoxy) is 1. The number of rotatable bonds is 4. The summed E-state index contributed by atoms with van der Waals surface area (Å²) >= 11 is 0. The molecule has 0 heterocycles. The summed E-state index contributed by atoms with van der Waals surface area (Å²) in [4.78, 5) is 0. The highest BCUT2D eigenvalue weighted by Crippen LogP contribution is 2.82. The zero-order chi connectivity index (χ0) is 20.6. The Morgan fingerprint density at radius 2 is 1.76 bits per heavy atom. The number of methoxy groups -OCH3 is 1. The van der Waals surface area contributed by atoms with Crippen molar-refractivity contribution < 1.29 is 4.74 Å². The maximum Gasteiger partial charge on any atom is 0.0638 e. The topological polar surface area (TPSA) is 9.23 Å². The van der Waals surface area contributed by atoms with Gasteiger partial charge in [0.05, 0.1) is 6.10 Å². The maximum atomic E-state index is 6.27. The van der Waals surface area contributed by atoms with Gasteiger partial charge in [-0.3, -0.25) is 0 Å². The molecule has 0 bridgehead atoms. The molecule has 5 aliphatic rings. The van der Waals surface area contributed by atoms with E-state index in [2.05, 4.69) is 52.5 Å². The molecule has 5 fully saturated rings. The van der Waals surface area contributed by atoms with Gasteiger partial charge in [0.25, 0.3) is 0 Å². The fraction of sp³-hybridized carbons (Fsp3) is 0.893. The minimum absolute atomic E-state index is 0.525. The maximum absolute atomic E-state index is 6.27. The Hall–Kier alpha value is -0.520. The normalized spacial score (nSPS) is 53.3. The minimum atomic E-state index is 0.525. The Morgan fingerprint density at radius 1 is 0.966 bits per heavy atom. The predicted octanol–water partition coefficient (Wildman–Crippen LogP) is 7.27. The van der Waals surface area contributed by atoms with E-state index < -0.39 is 0 Å². The molecule has 0 aromatic carbocycles. The summed E-state index contributed by atoms with van der Waals surface area (Å²) in [7, 11) is 2.02. The van der Waals surface area contributed by atoms with Crippen LogP contribution in [0.25, 0.3) is 0 Å². The van der Waals surface area contributed by atoms with Crippen LogP contribution < -0.4 is 0 Å². The first-order valence-corrected chi connectivity index (χ1v) is 12.7. The molecule has 1 heteroatoms. The van der Waals surface area contributed by atoms with Crippen LogP contribution in [0.3, 0.4) is 0 Å². The molecule has 5 aliphatic carbocycles. The second-order valence-corrected chi connectivity index (χ2v) is 12.6. The third-order valence-corrected chi connectivity index (χ3v) is 11.3. The van der Waals surface area contributed by atoms with Crippen molar-refractivity contribution in [3.05, 3.63) is 17.9 Å². The lowest BCUT2D eigenvalue weighted by Gasteiger charge is -2.61. The van der Waals surface area contributed by atoms with Crippen LogP contribution in [0.4, 0.5) is 0 Å². The van der Waals surface area contributed by atoms with Crippen LogP contribution in [0.5, 0.6) is 0 Å². The fourth-order valence-electron chi connectivity index (χ4n) is 10.00. The van der Waals surface area contributed by atoms with Crippen LogP contribution in [0.2, 0.25) is 0 Å². The molecule has 0 unspecified atom stereocenters. The van der Waals surface area contributed by atoms with Crippen molar-refractivity contribution in [3.8, 4) is 0 Å². The first kappa shape index (κ1) is 20.4. The highest BCUT2D eigenvalue weighted by atomic mass is 16.5. The standard InChI is InChI=1S/C28H44O/c1-18(2)8-7-9-19(3)22-10-11-23-21-16-25(29-6)28-17-20(28)12-15-27(28,5)24(21)13-14-26(22,23)4/h8-9,18-25H,10-17H2,1-6H3/t7?,19-,20+,21+,22-,23+,24+,25-,26-,27-,28+/m1/s1. The molecular weight excluding hydrogens is 352 g/mol. The Bertz CT molecular complexity index is 716. The molecule has 5 rings (SSSR count). The van der Waals surface area contributed by atoms with Gasteiger partial charge >= 0.3 is 0 Å². The summed E-state index contributed by atoms with van der Waals surface area (Å²) in [6, 6.07) is 0. The van der Waals surface area contributed by atoms with E-state index >= 15 is 0 Å². The highest BCUT2D eigenvalue weighted by molar-refractivity contribution is 5.26. The smallest absolute Gasteiger partial charge is 0.0638 e. The van der Waals surface area contributed by atoms with Crippen LogP contribution in [0, 0.1) is 57.7 Å². The summed E-state index contributed by atoms with van der Waals surface area (Å²) in [5.41, 5.74) is 5.17. The van der Waals surface area contributed by atoms with Crippen molar-refractivity contribution in [1.29, 1.82) is 0 Å². The third-order valence-electron chi connectivity index (χ3n) is 11.3. The first-order valence-electron chi connectivity index (χ1n) is 12.7. The van der Waals surface area contributed by atoms with E-state index in [0.717, 1.165) is 29.6 Å². The van der Waals surface area contributed by atoms with Crippen LogP contribution in [-0.4, -0.2) is 13.2 Å². The zero-order valence-corrected chi connectivity index (χ0v) is 19.8. The molecule has 1 nitrogen and oxygen atoms in total. The Labute approximate surface area is 179 Å². The average molecular weight is 397 g/mol. The van der Waals surface area contributed by atoms with Crippen molar-refractivity contribution >= 4 is 0 Å². The van der Waals surface area contributed by atoms with E-state index in [9.17, 15) is 0 Å². The monoisotopic (exact) mass is 396 g/mol. The van der Waals surface area contributed by atoms with Gasteiger partial charge in [-0.1, -0.05) is 34.6 Å². The average Bonchev–Trinajstić information content (AvgIpc) is 3.18. The number of hydrogen-bond acceptors (Lipinski definition) is 1. The van der Waals surface area contributed by atoms with E-state index in [1.807, 2.05) is 7.11 Å². The molecular formula is C28H44O. The molecule has 0 aromatic heterocycles. The quantitative estimate of drug-likeness (QED) is 0.454. The van der Waals surface area contributed by atoms with Gasteiger partial charge in [0.2, 0.25) is 0 Å². The summed E-state index contributed by atoms with van der Waals surface area (Å²) in [5.74, 6) is 5.86. The zero-order valence-electron chi connectivity index (χ0n) is 19.8. The molecule has 0 saturated heterocycles. The van der Waals surface area contributed by atoms with Gasteiger partial charge in [-0.05, 0) is 116 Å². The van der Waals surface area contributed by atoms with Crippen molar-refractivity contribution in [2.75, 3.05) is 7.11 Å². The van der Waals surface area contributed by atoms with Gasteiger partial charge in [0, 0.05) is 12.5 Å². The van der Waals surface area contributed by atoms with E-state index in [1.54, 1.807) is 0 Å². The first-order chi connectivity index (χ1) is 13.8. The summed E-state index contributed by atoms with van der Waals surface area (Å²) < 4.78 is 6.27. The van der Waals surface area contributed by atoms with Gasteiger partial charge in [-0.15, -0.1) is 5.73 Å². The molecule has 1 spiro atoms. The van der Waals surface area contributed by atoms with Gasteiger partial charge < -0.3 is 4.74 Å². The summed E-state index contributed by atoms with van der Waals surface area (Å²) in [6.45, 7) is 12.3. The van der Waals surface area contributed by atoms with Crippen molar-refractivity contribution in [1.82, 2.24) is 0 Å². The van der Waals surface area contributed by atoms with E-state index in [0.29, 0.717) is 34.2 Å². The Morgan fingerprint density at radius 3 is 2.45 bits per heavy atom. The van der Waals surface area contributed by atoms with Crippen molar-refractivity contribution in [2.24, 2.45) is 57.7 Å².